The van der Waals surface area contributed by atoms with Gasteiger partial charge < -0.3 is 5.11 Å². The Bertz CT molecular complexity index is 346. The molecule has 0 aliphatic rings. The van der Waals surface area contributed by atoms with Crippen LogP contribution in [-0.4, -0.2) is 10.1 Å². The van der Waals surface area contributed by atoms with E-state index in [2.05, 4.69) is 10.9 Å². The average molecular weight is 216 g/mol. The lowest BCUT2D eigenvalue weighted by molar-refractivity contribution is 0.179. The molecule has 1 rings (SSSR count). The van der Waals surface area contributed by atoms with Gasteiger partial charge in [0.2, 0.25) is 0 Å². The molecule has 0 amide bonds. The van der Waals surface area contributed by atoms with Gasteiger partial charge in [0.05, 0.1) is 15.7 Å². The first-order valence-corrected chi connectivity index (χ1v) is 4.33. The zero-order valence-electron chi connectivity index (χ0n) is 6.67. The Kier molecular flexibility index (Phi) is 3.56. The van der Waals surface area contributed by atoms with Gasteiger partial charge in [0, 0.05) is 12.6 Å². The molecule has 68 valence electrons. The fourth-order valence-corrected chi connectivity index (χ4v) is 1.38. The third-order valence-electron chi connectivity index (χ3n) is 1.46. The van der Waals surface area contributed by atoms with Crippen molar-refractivity contribution in [1.82, 2.24) is 4.98 Å². The van der Waals surface area contributed by atoms with Crippen LogP contribution in [0.4, 0.5) is 0 Å². The van der Waals surface area contributed by atoms with E-state index in [9.17, 15) is 5.11 Å². The van der Waals surface area contributed by atoms with E-state index in [0.29, 0.717) is 15.7 Å². The zero-order valence-corrected chi connectivity index (χ0v) is 8.18. The molecular weight excluding hydrogens is 209 g/mol. The molecule has 0 saturated heterocycles. The Labute approximate surface area is 86.5 Å². The molecule has 0 spiro atoms. The maximum atomic E-state index is 9.46. The molecule has 0 aliphatic carbocycles. The minimum absolute atomic E-state index is 0.189. The van der Waals surface area contributed by atoms with E-state index in [4.69, 9.17) is 29.6 Å². The minimum atomic E-state index is -0.824. The number of terminal acetylenes is 1. The van der Waals surface area contributed by atoms with E-state index in [1.165, 1.54) is 12.3 Å². The van der Waals surface area contributed by atoms with Gasteiger partial charge in [-0.2, -0.15) is 0 Å². The number of nitrogens with zero attached hydrogens (tertiary/aromatic N) is 1. The fourth-order valence-electron chi connectivity index (χ4n) is 0.879. The number of aliphatic hydroxyl groups is 1. The van der Waals surface area contributed by atoms with Gasteiger partial charge in [0.25, 0.3) is 0 Å². The molecule has 1 atom stereocenters. The summed E-state index contributed by atoms with van der Waals surface area (Å²) in [7, 11) is 0. The summed E-state index contributed by atoms with van der Waals surface area (Å²) >= 11 is 11.4. The molecular formula is C9H7Cl2NO. The maximum Gasteiger partial charge on any atom is 0.108 e. The van der Waals surface area contributed by atoms with E-state index in [-0.39, 0.29) is 6.42 Å². The van der Waals surface area contributed by atoms with E-state index >= 15 is 0 Å². The van der Waals surface area contributed by atoms with Crippen molar-refractivity contribution < 1.29 is 5.11 Å². The lowest BCUT2D eigenvalue weighted by Gasteiger charge is -2.07. The smallest absolute Gasteiger partial charge is 0.108 e. The van der Waals surface area contributed by atoms with Crippen molar-refractivity contribution in [1.29, 1.82) is 0 Å². The van der Waals surface area contributed by atoms with Gasteiger partial charge in [-0.05, 0) is 6.07 Å². The number of hydrogen-bond acceptors (Lipinski definition) is 2. The van der Waals surface area contributed by atoms with Crippen LogP contribution in [0.5, 0.6) is 0 Å². The fraction of sp³-hybridized carbons (Fsp3) is 0.222. The van der Waals surface area contributed by atoms with E-state index in [1.807, 2.05) is 0 Å². The molecule has 0 radical (unpaired) electrons. The van der Waals surface area contributed by atoms with Gasteiger partial charge in [0.1, 0.15) is 6.10 Å². The highest BCUT2D eigenvalue weighted by Gasteiger charge is 2.11. The maximum absolute atomic E-state index is 9.46. The Morgan fingerprint density at radius 3 is 2.85 bits per heavy atom. The molecule has 0 fully saturated rings. The summed E-state index contributed by atoms with van der Waals surface area (Å²) in [5, 5.41) is 10.2. The van der Waals surface area contributed by atoms with Crippen LogP contribution in [0.1, 0.15) is 18.2 Å². The number of aliphatic hydroxyl groups excluding tert-OH is 1. The number of halogens is 2. The van der Waals surface area contributed by atoms with Crippen LogP contribution in [0.25, 0.3) is 0 Å². The molecule has 1 heterocycles. The quantitative estimate of drug-likeness (QED) is 0.770. The van der Waals surface area contributed by atoms with Crippen LogP contribution in [-0.2, 0) is 0 Å². The van der Waals surface area contributed by atoms with Gasteiger partial charge in [-0.1, -0.05) is 23.2 Å². The zero-order chi connectivity index (χ0) is 9.84. The van der Waals surface area contributed by atoms with Gasteiger partial charge in [-0.3, -0.25) is 4.98 Å². The molecule has 0 saturated carbocycles. The van der Waals surface area contributed by atoms with Crippen molar-refractivity contribution in [3.05, 3.63) is 28.0 Å². The molecule has 1 aromatic heterocycles. The molecule has 1 unspecified atom stereocenters. The van der Waals surface area contributed by atoms with Crippen molar-refractivity contribution in [2.75, 3.05) is 0 Å². The number of pyridine rings is 1. The molecule has 1 aromatic rings. The first-order chi connectivity index (χ1) is 6.15. The van der Waals surface area contributed by atoms with Crippen LogP contribution < -0.4 is 0 Å². The van der Waals surface area contributed by atoms with Crippen molar-refractivity contribution >= 4 is 23.2 Å². The monoisotopic (exact) mass is 215 g/mol. The van der Waals surface area contributed by atoms with Crippen molar-refractivity contribution in [3.63, 3.8) is 0 Å². The first-order valence-electron chi connectivity index (χ1n) is 3.57. The summed E-state index contributed by atoms with van der Waals surface area (Å²) in [6.07, 6.45) is 5.82. The van der Waals surface area contributed by atoms with Crippen molar-refractivity contribution in [2.45, 2.75) is 12.5 Å². The lowest BCUT2D eigenvalue weighted by Crippen LogP contribution is -2.00. The molecule has 13 heavy (non-hydrogen) atoms. The lowest BCUT2D eigenvalue weighted by atomic mass is 10.2. The SMILES string of the molecule is C#CCC(O)c1ncc(Cl)cc1Cl. The Morgan fingerprint density at radius 2 is 2.31 bits per heavy atom. The molecule has 0 aromatic carbocycles. The first kappa shape index (κ1) is 10.3. The topological polar surface area (TPSA) is 33.1 Å². The van der Waals surface area contributed by atoms with E-state index in [0.717, 1.165) is 0 Å². The molecule has 2 nitrogen and oxygen atoms in total. The summed E-state index contributed by atoms with van der Waals surface area (Å²) in [5.74, 6) is 2.33. The Balaban J connectivity index is 2.96. The van der Waals surface area contributed by atoms with Crippen LogP contribution in [0.3, 0.4) is 0 Å². The highest BCUT2D eigenvalue weighted by atomic mass is 35.5. The van der Waals surface area contributed by atoms with Gasteiger partial charge in [0.15, 0.2) is 0 Å². The summed E-state index contributed by atoms with van der Waals surface area (Å²) in [6, 6.07) is 1.52. The van der Waals surface area contributed by atoms with Crippen LogP contribution in [0, 0.1) is 12.3 Å². The highest BCUT2D eigenvalue weighted by molar-refractivity contribution is 6.34. The second-order valence-corrected chi connectivity index (χ2v) is 3.29. The van der Waals surface area contributed by atoms with Crippen molar-refractivity contribution in [3.8, 4) is 12.3 Å². The highest BCUT2D eigenvalue weighted by Crippen LogP contribution is 2.24. The van der Waals surface area contributed by atoms with E-state index in [1.54, 1.807) is 0 Å². The minimum Gasteiger partial charge on any atom is -0.386 e. The predicted molar refractivity (Wildman–Crippen MR) is 52.7 cm³/mol. The summed E-state index contributed by atoms with van der Waals surface area (Å²) in [5.41, 5.74) is 0.365. The summed E-state index contributed by atoms with van der Waals surface area (Å²) in [6.45, 7) is 0. The van der Waals surface area contributed by atoms with Crippen molar-refractivity contribution in [2.24, 2.45) is 0 Å². The van der Waals surface area contributed by atoms with Gasteiger partial charge in [-0.15, -0.1) is 12.3 Å². The van der Waals surface area contributed by atoms with Crippen LogP contribution in [0.15, 0.2) is 12.3 Å². The molecule has 4 heteroatoms. The molecule has 0 bridgehead atoms. The Morgan fingerprint density at radius 1 is 1.62 bits per heavy atom. The largest absolute Gasteiger partial charge is 0.386 e. The predicted octanol–water partition coefficient (Wildman–Crippen LogP) is 2.45. The number of hydrogen-bond donors (Lipinski definition) is 1. The second kappa shape index (κ2) is 4.48. The standard InChI is InChI=1S/C9H7Cl2NO/c1-2-3-8(13)9-7(11)4-6(10)5-12-9/h1,4-5,8,13H,3H2. The second-order valence-electron chi connectivity index (χ2n) is 2.44. The molecule has 1 N–H and O–H groups in total. The third-order valence-corrected chi connectivity index (χ3v) is 1.97. The number of aromatic nitrogens is 1. The van der Waals surface area contributed by atoms with Crippen LogP contribution in [0.2, 0.25) is 10.0 Å². The third kappa shape index (κ3) is 2.60. The van der Waals surface area contributed by atoms with Gasteiger partial charge in [-0.25, -0.2) is 0 Å². The van der Waals surface area contributed by atoms with E-state index < -0.39 is 6.10 Å². The number of rotatable bonds is 2. The molecule has 0 aliphatic heterocycles. The van der Waals surface area contributed by atoms with Gasteiger partial charge >= 0.3 is 0 Å². The summed E-state index contributed by atoms with van der Waals surface area (Å²) in [4.78, 5) is 3.89. The summed E-state index contributed by atoms with van der Waals surface area (Å²) < 4.78 is 0. The van der Waals surface area contributed by atoms with Crippen LogP contribution >= 0.6 is 23.2 Å². The average Bonchev–Trinajstić information content (AvgIpc) is 2.04. The Hall–Kier alpha value is -0.750. The normalized spacial score (nSPS) is 12.2.